The zero-order chi connectivity index (χ0) is 27.2. The van der Waals surface area contributed by atoms with E-state index in [0.717, 1.165) is 31.5 Å². The number of ether oxygens (including phenoxy) is 1. The average molecular weight is 549 g/mol. The fourth-order valence-corrected chi connectivity index (χ4v) is 6.87. The first-order valence-electron chi connectivity index (χ1n) is 13.6. The molecule has 0 bridgehead atoms. The number of halogens is 1. The third-order valence-electron chi connectivity index (χ3n) is 7.90. The first-order valence-corrected chi connectivity index (χ1v) is 15.1. The van der Waals surface area contributed by atoms with Crippen LogP contribution in [0.2, 0.25) is 0 Å². The van der Waals surface area contributed by atoms with Crippen molar-refractivity contribution in [3.8, 4) is 5.75 Å². The largest absolute Gasteiger partial charge is 0.493 e. The van der Waals surface area contributed by atoms with Crippen LogP contribution in [0.1, 0.15) is 71.6 Å². The lowest BCUT2D eigenvalue weighted by Crippen LogP contribution is -2.58. The van der Waals surface area contributed by atoms with Crippen LogP contribution in [-0.4, -0.2) is 44.2 Å². The molecule has 3 aromatic carbocycles. The molecular formula is C31H33FN2O4S. The van der Waals surface area contributed by atoms with Crippen LogP contribution in [-0.2, 0) is 10.0 Å². The molecule has 0 aromatic heterocycles. The fraction of sp³-hybridized carbons (Fsp3) is 0.387. The lowest BCUT2D eigenvalue weighted by atomic mass is 9.79. The van der Waals surface area contributed by atoms with Crippen LogP contribution in [0.5, 0.6) is 5.75 Å². The predicted octanol–water partition coefficient (Wildman–Crippen LogP) is 5.42. The first kappa shape index (κ1) is 26.0. The second kappa shape index (κ2) is 10.1. The fourth-order valence-electron chi connectivity index (χ4n) is 5.57. The molecule has 8 heteroatoms. The second-order valence-electron chi connectivity index (χ2n) is 11.5. The molecule has 0 spiro atoms. The van der Waals surface area contributed by atoms with E-state index in [9.17, 15) is 13.2 Å². The number of nitrogens with zero attached hydrogens (tertiary/aromatic N) is 1. The van der Waals surface area contributed by atoms with Crippen LogP contribution in [0, 0.1) is 11.2 Å². The molecule has 1 N–H and O–H groups in total. The maximum absolute atomic E-state index is 15.1. The molecule has 0 atom stereocenters. The highest BCUT2D eigenvalue weighted by molar-refractivity contribution is 7.91. The number of amides is 1. The summed E-state index contributed by atoms with van der Waals surface area (Å²) in [4.78, 5) is 15.1. The second-order valence-corrected chi connectivity index (χ2v) is 13.5. The Hall–Kier alpha value is -3.23. The van der Waals surface area contributed by atoms with Crippen LogP contribution in [0.4, 0.5) is 4.39 Å². The monoisotopic (exact) mass is 548 g/mol. The van der Waals surface area contributed by atoms with Gasteiger partial charge in [-0.3, -0.25) is 9.69 Å². The van der Waals surface area contributed by atoms with Gasteiger partial charge in [0.15, 0.2) is 0 Å². The van der Waals surface area contributed by atoms with E-state index in [1.807, 2.05) is 16.9 Å². The Labute approximate surface area is 229 Å². The molecule has 3 fully saturated rings. The summed E-state index contributed by atoms with van der Waals surface area (Å²) < 4.78 is 47.8. The number of carbonyl (C=O) groups is 1. The van der Waals surface area contributed by atoms with Crippen molar-refractivity contribution in [3.63, 3.8) is 0 Å². The summed E-state index contributed by atoms with van der Waals surface area (Å²) in [6.45, 7) is 4.24. The van der Waals surface area contributed by atoms with E-state index in [0.29, 0.717) is 25.2 Å². The quantitative estimate of drug-likeness (QED) is 0.367. The molecule has 6 rings (SSSR count). The van der Waals surface area contributed by atoms with Gasteiger partial charge in [-0.2, -0.15) is 0 Å². The Kier molecular flexibility index (Phi) is 6.71. The topological polar surface area (TPSA) is 75.7 Å². The summed E-state index contributed by atoms with van der Waals surface area (Å²) >= 11 is 0. The van der Waals surface area contributed by atoms with Gasteiger partial charge in [-0.25, -0.2) is 17.5 Å². The highest BCUT2D eigenvalue weighted by atomic mass is 32.2. The predicted molar refractivity (Wildman–Crippen MR) is 148 cm³/mol. The minimum absolute atomic E-state index is 0.118. The minimum atomic E-state index is -3.76. The van der Waals surface area contributed by atoms with Crippen molar-refractivity contribution in [1.29, 1.82) is 0 Å². The van der Waals surface area contributed by atoms with Crippen LogP contribution in [0.15, 0.2) is 72.8 Å². The SMILES string of the molecule is CC1(COc2cc(F)c(C(=O)NS(=O)(=O)C3CC3)cc2C2CC2)CN(C(c2ccccc2)c2ccccc2)C1. The number of rotatable bonds is 10. The van der Waals surface area contributed by atoms with Gasteiger partial charge in [-0.1, -0.05) is 67.6 Å². The van der Waals surface area contributed by atoms with Gasteiger partial charge < -0.3 is 4.74 Å². The summed E-state index contributed by atoms with van der Waals surface area (Å²) in [6.07, 6.45) is 2.92. The van der Waals surface area contributed by atoms with Crippen molar-refractivity contribution in [2.75, 3.05) is 19.7 Å². The Morgan fingerprint density at radius 1 is 1.00 bits per heavy atom. The average Bonchev–Trinajstić information content (AvgIpc) is 3.81. The van der Waals surface area contributed by atoms with Gasteiger partial charge in [0.05, 0.1) is 23.5 Å². The van der Waals surface area contributed by atoms with E-state index in [4.69, 9.17) is 4.74 Å². The molecule has 1 aliphatic heterocycles. The van der Waals surface area contributed by atoms with E-state index < -0.39 is 27.0 Å². The highest BCUT2D eigenvalue weighted by Crippen LogP contribution is 2.46. The molecule has 1 saturated heterocycles. The number of carbonyl (C=O) groups excluding carboxylic acids is 1. The first-order chi connectivity index (χ1) is 18.7. The summed E-state index contributed by atoms with van der Waals surface area (Å²) in [5.41, 5.74) is 2.89. The molecule has 0 unspecified atom stereocenters. The number of benzene rings is 3. The molecule has 204 valence electrons. The van der Waals surface area contributed by atoms with E-state index in [2.05, 4.69) is 60.4 Å². The Balaban J connectivity index is 1.16. The van der Waals surface area contributed by atoms with Gasteiger partial charge in [0.1, 0.15) is 11.6 Å². The van der Waals surface area contributed by atoms with Crippen molar-refractivity contribution >= 4 is 15.9 Å². The van der Waals surface area contributed by atoms with E-state index in [1.54, 1.807) is 0 Å². The molecule has 3 aromatic rings. The van der Waals surface area contributed by atoms with Crippen molar-refractivity contribution in [2.45, 2.75) is 49.8 Å². The third kappa shape index (κ3) is 5.58. The van der Waals surface area contributed by atoms with Gasteiger partial charge in [-0.15, -0.1) is 0 Å². The van der Waals surface area contributed by atoms with E-state index in [-0.39, 0.29) is 22.9 Å². The normalized spacial score (nSPS) is 18.9. The van der Waals surface area contributed by atoms with Crippen molar-refractivity contribution < 1.29 is 22.3 Å². The molecule has 6 nitrogen and oxygen atoms in total. The van der Waals surface area contributed by atoms with Crippen molar-refractivity contribution in [2.24, 2.45) is 5.41 Å². The highest BCUT2D eigenvalue weighted by Gasteiger charge is 2.44. The number of hydrogen-bond acceptors (Lipinski definition) is 5. The number of nitrogens with one attached hydrogen (secondary N) is 1. The maximum Gasteiger partial charge on any atom is 0.267 e. The zero-order valence-electron chi connectivity index (χ0n) is 22.0. The zero-order valence-corrected chi connectivity index (χ0v) is 22.8. The van der Waals surface area contributed by atoms with Crippen LogP contribution in [0.3, 0.4) is 0 Å². The van der Waals surface area contributed by atoms with Gasteiger partial charge in [0, 0.05) is 24.6 Å². The summed E-state index contributed by atoms with van der Waals surface area (Å²) in [6, 6.07) is 23.8. The van der Waals surface area contributed by atoms with Crippen LogP contribution >= 0.6 is 0 Å². The summed E-state index contributed by atoms with van der Waals surface area (Å²) in [5.74, 6) is -1.05. The molecular weight excluding hydrogens is 515 g/mol. The molecule has 1 heterocycles. The van der Waals surface area contributed by atoms with Gasteiger partial charge in [0.2, 0.25) is 10.0 Å². The molecule has 3 aliphatic rings. The van der Waals surface area contributed by atoms with E-state index >= 15 is 4.39 Å². The summed E-state index contributed by atoms with van der Waals surface area (Å²) in [5, 5.41) is -0.554. The number of likely N-dealkylation sites (tertiary alicyclic amines) is 1. The molecule has 2 saturated carbocycles. The van der Waals surface area contributed by atoms with Crippen LogP contribution in [0.25, 0.3) is 0 Å². The van der Waals surface area contributed by atoms with Crippen LogP contribution < -0.4 is 9.46 Å². The molecule has 1 amide bonds. The number of sulfonamides is 1. The Morgan fingerprint density at radius 3 is 2.13 bits per heavy atom. The molecule has 0 radical (unpaired) electrons. The lowest BCUT2D eigenvalue weighted by molar-refractivity contribution is -0.0379. The third-order valence-corrected chi connectivity index (χ3v) is 9.72. The Morgan fingerprint density at radius 2 is 1.59 bits per heavy atom. The molecule has 2 aliphatic carbocycles. The maximum atomic E-state index is 15.1. The van der Waals surface area contributed by atoms with Crippen molar-refractivity contribution in [1.82, 2.24) is 9.62 Å². The standard InChI is InChI=1S/C31H33FN2O4S/c1-31(18-34(19-31)29(22-8-4-2-5-9-22)23-10-6-3-7-11-23)20-38-28-17-27(32)26(16-25(28)21-12-13-21)30(35)33-39(36,37)24-14-15-24/h2-11,16-17,21,24,29H,12-15,18-20H2,1H3,(H,33,35). The van der Waals surface area contributed by atoms with Gasteiger partial charge in [0.25, 0.3) is 5.91 Å². The van der Waals surface area contributed by atoms with Gasteiger partial charge in [-0.05, 0) is 54.4 Å². The number of hydrogen-bond donors (Lipinski definition) is 1. The van der Waals surface area contributed by atoms with E-state index in [1.165, 1.54) is 23.3 Å². The van der Waals surface area contributed by atoms with Gasteiger partial charge >= 0.3 is 0 Å². The van der Waals surface area contributed by atoms with Crippen molar-refractivity contribution in [3.05, 3.63) is 101 Å². The summed E-state index contributed by atoms with van der Waals surface area (Å²) in [7, 11) is -3.76. The minimum Gasteiger partial charge on any atom is -0.493 e. The smallest absolute Gasteiger partial charge is 0.267 e. The lowest BCUT2D eigenvalue weighted by Gasteiger charge is -2.51. The Bertz CT molecular complexity index is 1430. The molecule has 39 heavy (non-hydrogen) atoms.